The Hall–Kier alpha value is -0.0800. The smallest absolute Gasteiger partial charge is 0.00965 e. The van der Waals surface area contributed by atoms with Crippen molar-refractivity contribution in [2.24, 2.45) is 5.92 Å². The van der Waals surface area contributed by atoms with E-state index in [9.17, 15) is 0 Å². The maximum Gasteiger partial charge on any atom is 0.00965 e. The van der Waals surface area contributed by atoms with Crippen LogP contribution in [0.5, 0.6) is 0 Å². The molecule has 1 aliphatic carbocycles. The van der Waals surface area contributed by atoms with E-state index >= 15 is 0 Å². The van der Waals surface area contributed by atoms with Gasteiger partial charge in [-0.2, -0.15) is 0 Å². The fraction of sp³-hybridized carbons (Fsp3) is 1.00. The van der Waals surface area contributed by atoms with Gasteiger partial charge in [0, 0.05) is 11.6 Å². The van der Waals surface area contributed by atoms with Gasteiger partial charge >= 0.3 is 0 Å². The Morgan fingerprint density at radius 1 is 1.24 bits per heavy atom. The first-order chi connectivity index (χ1) is 7.88. The van der Waals surface area contributed by atoms with Gasteiger partial charge in [-0.3, -0.25) is 0 Å². The average molecular weight is 240 g/mol. The van der Waals surface area contributed by atoms with Gasteiger partial charge < -0.3 is 10.2 Å². The van der Waals surface area contributed by atoms with E-state index in [1.54, 1.807) is 0 Å². The van der Waals surface area contributed by atoms with E-state index < -0.39 is 0 Å². The lowest BCUT2D eigenvalue weighted by atomic mass is 9.86. The molecule has 0 aliphatic heterocycles. The SMILES string of the molecule is CC1CCCC(N(C)CCCNC(C)(C)C)C1. The first-order valence-electron chi connectivity index (χ1n) is 7.34. The summed E-state index contributed by atoms with van der Waals surface area (Å²) in [5.74, 6) is 0.934. The van der Waals surface area contributed by atoms with Crippen LogP contribution < -0.4 is 5.32 Å². The summed E-state index contributed by atoms with van der Waals surface area (Å²) in [6, 6.07) is 0.841. The van der Waals surface area contributed by atoms with Crippen molar-refractivity contribution in [3.05, 3.63) is 0 Å². The van der Waals surface area contributed by atoms with E-state index in [1.165, 1.54) is 38.6 Å². The summed E-state index contributed by atoms with van der Waals surface area (Å²) in [5, 5.41) is 3.56. The molecule has 2 atom stereocenters. The van der Waals surface area contributed by atoms with Crippen LogP contribution in [0.3, 0.4) is 0 Å². The first kappa shape index (κ1) is 15.0. The molecule has 0 spiro atoms. The molecule has 2 nitrogen and oxygen atoms in total. The Bertz CT molecular complexity index is 207. The Balaban J connectivity index is 2.14. The molecule has 0 bridgehead atoms. The monoisotopic (exact) mass is 240 g/mol. The summed E-state index contributed by atoms with van der Waals surface area (Å²) in [7, 11) is 2.31. The standard InChI is InChI=1S/C15H32N2/c1-13-8-6-9-14(12-13)17(5)11-7-10-16-15(2,3)4/h13-14,16H,6-12H2,1-5H3. The lowest BCUT2D eigenvalue weighted by Crippen LogP contribution is -2.40. The highest BCUT2D eigenvalue weighted by atomic mass is 15.1. The van der Waals surface area contributed by atoms with Gasteiger partial charge in [0.25, 0.3) is 0 Å². The van der Waals surface area contributed by atoms with E-state index in [-0.39, 0.29) is 5.54 Å². The molecule has 0 aromatic rings. The minimum Gasteiger partial charge on any atom is -0.312 e. The van der Waals surface area contributed by atoms with Crippen molar-refractivity contribution in [2.45, 2.75) is 71.4 Å². The second-order valence-electron chi connectivity index (χ2n) is 6.94. The summed E-state index contributed by atoms with van der Waals surface area (Å²) < 4.78 is 0. The van der Waals surface area contributed by atoms with E-state index in [1.807, 2.05) is 0 Å². The lowest BCUT2D eigenvalue weighted by Gasteiger charge is -2.34. The highest BCUT2D eigenvalue weighted by Crippen LogP contribution is 2.26. The van der Waals surface area contributed by atoms with Gasteiger partial charge in [-0.05, 0) is 66.1 Å². The molecule has 2 heteroatoms. The van der Waals surface area contributed by atoms with Crippen LogP contribution in [0.4, 0.5) is 0 Å². The molecule has 0 heterocycles. The predicted octanol–water partition coefficient (Wildman–Crippen LogP) is 3.28. The maximum atomic E-state index is 3.56. The minimum absolute atomic E-state index is 0.262. The molecule has 0 aromatic carbocycles. The normalized spacial score (nSPS) is 26.5. The predicted molar refractivity (Wildman–Crippen MR) is 76.4 cm³/mol. The lowest BCUT2D eigenvalue weighted by molar-refractivity contribution is 0.161. The molecule has 1 N–H and O–H groups in total. The van der Waals surface area contributed by atoms with E-state index in [4.69, 9.17) is 0 Å². The molecule has 0 aromatic heterocycles. The van der Waals surface area contributed by atoms with E-state index in [0.29, 0.717) is 0 Å². The molecule has 1 rings (SSSR count). The molecular weight excluding hydrogens is 208 g/mol. The van der Waals surface area contributed by atoms with Gasteiger partial charge in [-0.25, -0.2) is 0 Å². The van der Waals surface area contributed by atoms with Crippen molar-refractivity contribution >= 4 is 0 Å². The van der Waals surface area contributed by atoms with Gasteiger partial charge in [0.1, 0.15) is 0 Å². The Labute approximate surface area is 108 Å². The molecule has 17 heavy (non-hydrogen) atoms. The third-order valence-corrected chi connectivity index (χ3v) is 3.87. The Kier molecular flexibility index (Phi) is 5.94. The van der Waals surface area contributed by atoms with Gasteiger partial charge in [0.05, 0.1) is 0 Å². The van der Waals surface area contributed by atoms with Crippen LogP contribution in [-0.2, 0) is 0 Å². The van der Waals surface area contributed by atoms with Crippen LogP contribution in [0, 0.1) is 5.92 Å². The third-order valence-electron chi connectivity index (χ3n) is 3.87. The fourth-order valence-corrected chi connectivity index (χ4v) is 2.78. The molecule has 102 valence electrons. The second kappa shape index (κ2) is 6.75. The summed E-state index contributed by atoms with van der Waals surface area (Å²) in [4.78, 5) is 2.58. The summed E-state index contributed by atoms with van der Waals surface area (Å²) in [6.07, 6.45) is 6.95. The van der Waals surface area contributed by atoms with Crippen LogP contribution >= 0.6 is 0 Å². The molecule has 0 saturated heterocycles. The molecule has 0 radical (unpaired) electrons. The topological polar surface area (TPSA) is 15.3 Å². The van der Waals surface area contributed by atoms with Crippen LogP contribution in [0.2, 0.25) is 0 Å². The molecule has 1 aliphatic rings. The van der Waals surface area contributed by atoms with Crippen LogP contribution in [0.25, 0.3) is 0 Å². The van der Waals surface area contributed by atoms with Crippen molar-refractivity contribution in [1.29, 1.82) is 0 Å². The first-order valence-corrected chi connectivity index (χ1v) is 7.34. The van der Waals surface area contributed by atoms with Crippen LogP contribution in [0.15, 0.2) is 0 Å². The Morgan fingerprint density at radius 2 is 1.94 bits per heavy atom. The highest BCUT2D eigenvalue weighted by molar-refractivity contribution is 4.77. The summed E-state index contributed by atoms with van der Waals surface area (Å²) >= 11 is 0. The van der Waals surface area contributed by atoms with Crippen molar-refractivity contribution in [1.82, 2.24) is 10.2 Å². The van der Waals surface area contributed by atoms with Gasteiger partial charge in [0.15, 0.2) is 0 Å². The minimum atomic E-state index is 0.262. The molecule has 0 amide bonds. The van der Waals surface area contributed by atoms with Crippen molar-refractivity contribution in [3.8, 4) is 0 Å². The number of nitrogens with one attached hydrogen (secondary N) is 1. The summed E-state index contributed by atoms with van der Waals surface area (Å²) in [5.41, 5.74) is 0.262. The van der Waals surface area contributed by atoms with E-state index in [2.05, 4.69) is 45.0 Å². The molecular formula is C15H32N2. The second-order valence-corrected chi connectivity index (χ2v) is 6.94. The van der Waals surface area contributed by atoms with Crippen molar-refractivity contribution in [3.63, 3.8) is 0 Å². The fourth-order valence-electron chi connectivity index (χ4n) is 2.78. The molecule has 2 unspecified atom stereocenters. The highest BCUT2D eigenvalue weighted by Gasteiger charge is 2.21. The zero-order valence-corrected chi connectivity index (χ0v) is 12.6. The zero-order chi connectivity index (χ0) is 12.9. The van der Waals surface area contributed by atoms with Crippen LogP contribution in [0.1, 0.15) is 59.8 Å². The van der Waals surface area contributed by atoms with E-state index in [0.717, 1.165) is 18.5 Å². The van der Waals surface area contributed by atoms with Gasteiger partial charge in [0.2, 0.25) is 0 Å². The van der Waals surface area contributed by atoms with Crippen LogP contribution in [-0.4, -0.2) is 36.6 Å². The van der Waals surface area contributed by atoms with Gasteiger partial charge in [-0.15, -0.1) is 0 Å². The zero-order valence-electron chi connectivity index (χ0n) is 12.6. The number of rotatable bonds is 5. The molecule has 1 saturated carbocycles. The number of hydrogen-bond donors (Lipinski definition) is 1. The number of nitrogens with zero attached hydrogens (tertiary/aromatic N) is 1. The maximum absolute atomic E-state index is 3.56. The quantitative estimate of drug-likeness (QED) is 0.742. The third kappa shape index (κ3) is 6.42. The summed E-state index contributed by atoms with van der Waals surface area (Å²) in [6.45, 7) is 11.5. The van der Waals surface area contributed by atoms with Crippen molar-refractivity contribution in [2.75, 3.05) is 20.1 Å². The average Bonchev–Trinajstić information content (AvgIpc) is 2.23. The van der Waals surface area contributed by atoms with Gasteiger partial charge in [-0.1, -0.05) is 19.8 Å². The van der Waals surface area contributed by atoms with Crippen molar-refractivity contribution < 1.29 is 0 Å². The largest absolute Gasteiger partial charge is 0.312 e. The Morgan fingerprint density at radius 3 is 2.53 bits per heavy atom. The number of hydrogen-bond acceptors (Lipinski definition) is 2. The molecule has 1 fully saturated rings.